The molecule has 1 aliphatic heterocycles. The van der Waals surface area contributed by atoms with Gasteiger partial charge < -0.3 is 19.3 Å². The minimum Gasteiger partial charge on any atom is -0.482 e. The minimum atomic E-state index is -0.522. The lowest BCUT2D eigenvalue weighted by Crippen LogP contribution is -2.25. The van der Waals surface area contributed by atoms with Gasteiger partial charge in [0.05, 0.1) is 11.3 Å². The molecular formula is C19H14N2O5. The number of rotatable bonds is 4. The van der Waals surface area contributed by atoms with Gasteiger partial charge in [0.1, 0.15) is 11.4 Å². The molecule has 130 valence electrons. The van der Waals surface area contributed by atoms with Gasteiger partial charge in [-0.3, -0.25) is 4.79 Å². The molecule has 7 heteroatoms. The zero-order valence-electron chi connectivity index (χ0n) is 13.6. The Bertz CT molecular complexity index is 965. The Labute approximate surface area is 148 Å². The van der Waals surface area contributed by atoms with E-state index in [9.17, 15) is 9.59 Å². The molecule has 1 N–H and O–H groups in total. The van der Waals surface area contributed by atoms with Crippen molar-refractivity contribution >= 4 is 17.6 Å². The molecular weight excluding hydrogens is 336 g/mol. The minimum absolute atomic E-state index is 0.0344. The van der Waals surface area contributed by atoms with Crippen molar-refractivity contribution in [3.8, 4) is 17.0 Å². The van der Waals surface area contributed by atoms with Crippen molar-refractivity contribution < 1.29 is 23.6 Å². The van der Waals surface area contributed by atoms with Crippen LogP contribution in [0.25, 0.3) is 11.3 Å². The van der Waals surface area contributed by atoms with Gasteiger partial charge in [0.15, 0.2) is 19.0 Å². The van der Waals surface area contributed by atoms with E-state index >= 15 is 0 Å². The maximum atomic E-state index is 12.2. The SMILES string of the molecule is O=C1COc2cc(C(=O)OCc3cc(-c4ccccc4)no3)ccc2N1. The Hall–Kier alpha value is -3.61. The normalized spacial score (nSPS) is 12.7. The molecule has 0 saturated carbocycles. The highest BCUT2D eigenvalue weighted by atomic mass is 16.5. The van der Waals surface area contributed by atoms with Crippen molar-refractivity contribution in [2.24, 2.45) is 0 Å². The van der Waals surface area contributed by atoms with Crippen LogP contribution in [0.15, 0.2) is 59.1 Å². The van der Waals surface area contributed by atoms with Crippen LogP contribution in [-0.2, 0) is 16.1 Å². The predicted molar refractivity (Wildman–Crippen MR) is 91.6 cm³/mol. The molecule has 0 spiro atoms. The molecule has 1 amide bonds. The van der Waals surface area contributed by atoms with Crippen molar-refractivity contribution in [2.75, 3.05) is 11.9 Å². The third kappa shape index (κ3) is 3.27. The lowest BCUT2D eigenvalue weighted by molar-refractivity contribution is -0.118. The summed E-state index contributed by atoms with van der Waals surface area (Å²) in [5.74, 6) is 0.127. The Morgan fingerprint density at radius 2 is 2.00 bits per heavy atom. The summed E-state index contributed by atoms with van der Waals surface area (Å²) >= 11 is 0. The summed E-state index contributed by atoms with van der Waals surface area (Å²) in [6, 6.07) is 16.0. The maximum absolute atomic E-state index is 12.2. The van der Waals surface area contributed by atoms with Crippen LogP contribution in [0.3, 0.4) is 0 Å². The van der Waals surface area contributed by atoms with Crippen LogP contribution in [0.4, 0.5) is 5.69 Å². The van der Waals surface area contributed by atoms with Crippen molar-refractivity contribution in [1.29, 1.82) is 0 Å². The first-order valence-corrected chi connectivity index (χ1v) is 7.94. The summed E-state index contributed by atoms with van der Waals surface area (Å²) in [5, 5.41) is 6.64. The van der Waals surface area contributed by atoms with E-state index in [0.717, 1.165) is 5.56 Å². The smallest absolute Gasteiger partial charge is 0.338 e. The first-order valence-electron chi connectivity index (χ1n) is 7.94. The number of aromatic nitrogens is 1. The molecule has 7 nitrogen and oxygen atoms in total. The quantitative estimate of drug-likeness (QED) is 0.727. The Morgan fingerprint density at radius 1 is 1.15 bits per heavy atom. The number of nitrogens with zero attached hydrogens (tertiary/aromatic N) is 1. The summed E-state index contributed by atoms with van der Waals surface area (Å²) < 4.78 is 15.8. The molecule has 0 unspecified atom stereocenters. The standard InChI is InChI=1S/C19H14N2O5/c22-18-11-24-17-8-13(6-7-15(17)20-18)19(23)25-10-14-9-16(21-26-14)12-4-2-1-3-5-12/h1-9H,10-11H2,(H,20,22). The number of ether oxygens (including phenoxy) is 2. The Balaban J connectivity index is 1.42. The predicted octanol–water partition coefficient (Wildman–Crippen LogP) is 3.03. The molecule has 2 heterocycles. The first kappa shape index (κ1) is 15.9. The molecule has 1 aliphatic rings. The number of hydrogen-bond donors (Lipinski definition) is 1. The fraction of sp³-hybridized carbons (Fsp3) is 0.105. The molecule has 26 heavy (non-hydrogen) atoms. The summed E-state index contributed by atoms with van der Waals surface area (Å²) in [7, 11) is 0. The number of nitrogens with one attached hydrogen (secondary N) is 1. The highest BCUT2D eigenvalue weighted by Gasteiger charge is 2.19. The number of amides is 1. The van der Waals surface area contributed by atoms with Crippen LogP contribution in [0.2, 0.25) is 0 Å². The number of carbonyl (C=O) groups is 2. The summed E-state index contributed by atoms with van der Waals surface area (Å²) in [4.78, 5) is 23.5. The van der Waals surface area contributed by atoms with Crippen LogP contribution in [-0.4, -0.2) is 23.6 Å². The van der Waals surface area contributed by atoms with Crippen LogP contribution >= 0.6 is 0 Å². The Kier molecular flexibility index (Phi) is 4.10. The molecule has 4 rings (SSSR count). The number of esters is 1. The van der Waals surface area contributed by atoms with Crippen molar-refractivity contribution in [3.63, 3.8) is 0 Å². The number of fused-ring (bicyclic) bond motifs is 1. The highest BCUT2D eigenvalue weighted by Crippen LogP contribution is 2.29. The van der Waals surface area contributed by atoms with E-state index in [2.05, 4.69) is 10.5 Å². The fourth-order valence-electron chi connectivity index (χ4n) is 2.55. The van der Waals surface area contributed by atoms with E-state index in [0.29, 0.717) is 28.5 Å². The second-order valence-corrected chi connectivity index (χ2v) is 5.67. The second kappa shape index (κ2) is 6.72. The van der Waals surface area contributed by atoms with Gasteiger partial charge in [0.25, 0.3) is 5.91 Å². The van der Waals surface area contributed by atoms with Gasteiger partial charge in [-0.1, -0.05) is 35.5 Å². The average Bonchev–Trinajstić information content (AvgIpc) is 3.15. The molecule has 0 atom stereocenters. The molecule has 0 fully saturated rings. The summed E-state index contributed by atoms with van der Waals surface area (Å²) in [6.45, 7) is -0.112. The van der Waals surface area contributed by atoms with E-state index in [-0.39, 0.29) is 19.1 Å². The number of benzene rings is 2. The van der Waals surface area contributed by atoms with Gasteiger partial charge in [-0.2, -0.15) is 0 Å². The zero-order valence-corrected chi connectivity index (χ0v) is 13.6. The summed E-state index contributed by atoms with van der Waals surface area (Å²) in [5.41, 5.74) is 2.44. The first-order chi connectivity index (χ1) is 12.7. The van der Waals surface area contributed by atoms with E-state index in [1.54, 1.807) is 18.2 Å². The zero-order chi connectivity index (χ0) is 17.9. The Morgan fingerprint density at radius 3 is 2.85 bits per heavy atom. The molecule has 0 saturated heterocycles. The average molecular weight is 350 g/mol. The largest absolute Gasteiger partial charge is 0.482 e. The number of hydrogen-bond acceptors (Lipinski definition) is 6. The molecule has 0 aliphatic carbocycles. The highest BCUT2D eigenvalue weighted by molar-refractivity contribution is 5.97. The van der Waals surface area contributed by atoms with Crippen LogP contribution in [0.1, 0.15) is 16.1 Å². The van der Waals surface area contributed by atoms with Gasteiger partial charge >= 0.3 is 5.97 Å². The van der Waals surface area contributed by atoms with Gasteiger partial charge in [-0.25, -0.2) is 4.79 Å². The molecule has 3 aromatic rings. The van der Waals surface area contributed by atoms with Crippen LogP contribution < -0.4 is 10.1 Å². The lowest BCUT2D eigenvalue weighted by atomic mass is 10.1. The monoisotopic (exact) mass is 350 g/mol. The molecule has 1 aromatic heterocycles. The summed E-state index contributed by atoms with van der Waals surface area (Å²) in [6.07, 6.45) is 0. The van der Waals surface area contributed by atoms with Gasteiger partial charge in [-0.15, -0.1) is 0 Å². The molecule has 0 bridgehead atoms. The maximum Gasteiger partial charge on any atom is 0.338 e. The number of carbonyl (C=O) groups excluding carboxylic acids is 2. The lowest BCUT2D eigenvalue weighted by Gasteiger charge is -2.18. The van der Waals surface area contributed by atoms with E-state index in [1.807, 2.05) is 30.3 Å². The van der Waals surface area contributed by atoms with Crippen molar-refractivity contribution in [2.45, 2.75) is 6.61 Å². The van der Waals surface area contributed by atoms with Crippen molar-refractivity contribution in [3.05, 3.63) is 65.9 Å². The van der Waals surface area contributed by atoms with E-state index in [1.165, 1.54) is 6.07 Å². The van der Waals surface area contributed by atoms with Gasteiger partial charge in [-0.05, 0) is 18.2 Å². The molecule has 2 aromatic carbocycles. The van der Waals surface area contributed by atoms with Gasteiger partial charge in [0.2, 0.25) is 0 Å². The third-order valence-corrected chi connectivity index (χ3v) is 3.82. The third-order valence-electron chi connectivity index (χ3n) is 3.82. The number of anilines is 1. The second-order valence-electron chi connectivity index (χ2n) is 5.67. The van der Waals surface area contributed by atoms with Crippen LogP contribution in [0, 0.1) is 0 Å². The van der Waals surface area contributed by atoms with E-state index in [4.69, 9.17) is 14.0 Å². The fourth-order valence-corrected chi connectivity index (χ4v) is 2.55. The van der Waals surface area contributed by atoms with E-state index < -0.39 is 5.97 Å². The topological polar surface area (TPSA) is 90.7 Å². The van der Waals surface area contributed by atoms with Crippen LogP contribution in [0.5, 0.6) is 5.75 Å². The van der Waals surface area contributed by atoms with Gasteiger partial charge in [0, 0.05) is 11.6 Å². The van der Waals surface area contributed by atoms with Crippen molar-refractivity contribution in [1.82, 2.24) is 5.16 Å². The molecule has 0 radical (unpaired) electrons.